The summed E-state index contributed by atoms with van der Waals surface area (Å²) in [6.07, 6.45) is -6.13. The van der Waals surface area contributed by atoms with Crippen LogP contribution in [-0.2, 0) is 17.5 Å². The van der Waals surface area contributed by atoms with E-state index < -0.39 is 33.9 Å². The maximum absolute atomic E-state index is 12.9. The van der Waals surface area contributed by atoms with E-state index in [-0.39, 0.29) is 17.0 Å². The number of hydrogen-bond donors (Lipinski definition) is 2. The fraction of sp³-hybridized carbons (Fsp3) is 0.429. The number of benzene rings is 1. The summed E-state index contributed by atoms with van der Waals surface area (Å²) in [7, 11) is 0. The number of amides is 1. The monoisotopic (exact) mass is 350 g/mol. The van der Waals surface area contributed by atoms with Crippen molar-refractivity contribution in [2.24, 2.45) is 4.40 Å². The molecule has 0 heterocycles. The summed E-state index contributed by atoms with van der Waals surface area (Å²) >= 11 is -1.64. The second kappa shape index (κ2) is 6.79. The van der Waals surface area contributed by atoms with E-state index in [1.807, 2.05) is 5.32 Å². The van der Waals surface area contributed by atoms with E-state index >= 15 is 0 Å². The van der Waals surface area contributed by atoms with Gasteiger partial charge in [0.15, 0.2) is 0 Å². The first-order valence-corrected chi connectivity index (χ1v) is 7.61. The molecule has 5 nitrogen and oxygen atoms in total. The Morgan fingerprint density at radius 3 is 2.26 bits per heavy atom. The van der Waals surface area contributed by atoms with Crippen LogP contribution in [0.4, 0.5) is 23.7 Å². The summed E-state index contributed by atoms with van der Waals surface area (Å²) in [5, 5.41) is 10.6. The van der Waals surface area contributed by atoms with Crippen molar-refractivity contribution in [1.29, 1.82) is 0 Å². The number of alkyl halides is 3. The van der Waals surface area contributed by atoms with Crippen molar-refractivity contribution in [3.05, 3.63) is 29.3 Å². The molecule has 0 radical (unpaired) electrons. The van der Waals surface area contributed by atoms with Gasteiger partial charge in [-0.15, -0.1) is 0 Å². The van der Waals surface area contributed by atoms with Crippen LogP contribution in [0.3, 0.4) is 0 Å². The van der Waals surface area contributed by atoms with Crippen LogP contribution in [0.2, 0.25) is 0 Å². The molecular formula is C14H17F3N2O3S. The molecule has 128 valence electrons. The highest BCUT2D eigenvalue weighted by Gasteiger charge is 2.32. The average molecular weight is 350 g/mol. The first-order chi connectivity index (χ1) is 10.3. The van der Waals surface area contributed by atoms with Crippen molar-refractivity contribution in [1.82, 2.24) is 0 Å². The van der Waals surface area contributed by atoms with Crippen LogP contribution in [-0.4, -0.2) is 26.2 Å². The van der Waals surface area contributed by atoms with Crippen molar-refractivity contribution in [2.75, 3.05) is 5.32 Å². The summed E-state index contributed by atoms with van der Waals surface area (Å²) < 4.78 is 54.0. The molecule has 0 spiro atoms. The van der Waals surface area contributed by atoms with Crippen molar-refractivity contribution in [3.8, 4) is 0 Å². The summed E-state index contributed by atoms with van der Waals surface area (Å²) in [6.45, 7) is 6.47. The Morgan fingerprint density at radius 2 is 1.83 bits per heavy atom. The zero-order chi connectivity index (χ0) is 18.0. The van der Waals surface area contributed by atoms with Gasteiger partial charge in [-0.2, -0.15) is 13.2 Å². The Bertz CT molecular complexity index is 625. The van der Waals surface area contributed by atoms with Crippen LogP contribution in [0.25, 0.3) is 0 Å². The summed E-state index contributed by atoms with van der Waals surface area (Å²) in [4.78, 5) is 10.6. The number of rotatable bonds is 3. The standard InChI is InChI=1S/C14H17F3N2O3S/c1-8(19-23(22)13(2,3)4)9-5-10(14(15,16)17)7-11(6-9)18-12(20)21/h5-7,18H,1-4H3,(H,20,21). The highest BCUT2D eigenvalue weighted by Crippen LogP contribution is 2.32. The molecule has 1 aromatic carbocycles. The minimum atomic E-state index is -4.64. The number of anilines is 1. The first-order valence-electron chi connectivity index (χ1n) is 6.50. The van der Waals surface area contributed by atoms with Gasteiger partial charge in [0.25, 0.3) is 0 Å². The zero-order valence-corrected chi connectivity index (χ0v) is 13.8. The lowest BCUT2D eigenvalue weighted by Gasteiger charge is -2.19. The quantitative estimate of drug-likeness (QED) is 0.637. The Labute approximate surface area is 134 Å². The van der Waals surface area contributed by atoms with Gasteiger partial charge in [-0.3, -0.25) is 5.32 Å². The summed E-state index contributed by atoms with van der Waals surface area (Å²) in [5.41, 5.74) is -1.09. The number of nitrogens with one attached hydrogen (secondary N) is 1. The van der Waals surface area contributed by atoms with Gasteiger partial charge in [-0.25, -0.2) is 4.79 Å². The molecule has 0 aromatic heterocycles. The molecule has 1 aromatic rings. The molecule has 0 aliphatic heterocycles. The first kappa shape index (κ1) is 19.3. The Balaban J connectivity index is 3.34. The lowest BCUT2D eigenvalue weighted by molar-refractivity contribution is -0.137. The molecule has 0 aliphatic carbocycles. The normalized spacial score (nSPS) is 14.5. The van der Waals surface area contributed by atoms with Gasteiger partial charge in [0, 0.05) is 11.3 Å². The van der Waals surface area contributed by atoms with Crippen LogP contribution in [0.15, 0.2) is 22.6 Å². The topological polar surface area (TPSA) is 84.8 Å². The largest absolute Gasteiger partial charge is 0.591 e. The van der Waals surface area contributed by atoms with Crippen LogP contribution < -0.4 is 5.32 Å². The van der Waals surface area contributed by atoms with Gasteiger partial charge < -0.3 is 9.66 Å². The third-order valence-corrected chi connectivity index (χ3v) is 4.16. The molecule has 0 saturated carbocycles. The van der Waals surface area contributed by atoms with Crippen molar-refractivity contribution in [2.45, 2.75) is 38.6 Å². The maximum Gasteiger partial charge on any atom is 0.416 e. The minimum Gasteiger partial charge on any atom is -0.591 e. The van der Waals surface area contributed by atoms with Gasteiger partial charge >= 0.3 is 12.3 Å². The van der Waals surface area contributed by atoms with Gasteiger partial charge in [-0.1, -0.05) is 4.40 Å². The molecule has 9 heteroatoms. The van der Waals surface area contributed by atoms with Crippen molar-refractivity contribution >= 4 is 28.9 Å². The summed E-state index contributed by atoms with van der Waals surface area (Å²) in [6, 6.07) is 2.74. The molecule has 1 atom stereocenters. The molecule has 23 heavy (non-hydrogen) atoms. The third-order valence-electron chi connectivity index (χ3n) is 2.67. The van der Waals surface area contributed by atoms with E-state index in [0.29, 0.717) is 6.07 Å². The molecular weight excluding hydrogens is 333 g/mol. The van der Waals surface area contributed by atoms with E-state index in [1.165, 1.54) is 13.0 Å². The molecule has 0 aliphatic rings. The molecule has 1 amide bonds. The van der Waals surface area contributed by atoms with E-state index in [0.717, 1.165) is 6.07 Å². The van der Waals surface area contributed by atoms with E-state index in [2.05, 4.69) is 4.40 Å². The summed E-state index contributed by atoms with van der Waals surface area (Å²) in [5.74, 6) is 0. The van der Waals surface area contributed by atoms with Crippen LogP contribution >= 0.6 is 0 Å². The smallest absolute Gasteiger partial charge is 0.416 e. The Hall–Kier alpha value is -1.74. The van der Waals surface area contributed by atoms with Gasteiger partial charge in [0.05, 0.1) is 11.3 Å². The maximum atomic E-state index is 12.9. The second-order valence-corrected chi connectivity index (χ2v) is 7.67. The van der Waals surface area contributed by atoms with Crippen LogP contribution in [0.5, 0.6) is 0 Å². The molecule has 1 rings (SSSR count). The molecule has 0 bridgehead atoms. The molecule has 1 unspecified atom stereocenters. The van der Waals surface area contributed by atoms with Gasteiger partial charge in [0.2, 0.25) is 0 Å². The SMILES string of the molecule is CC(=N[S+]([O-])C(C)(C)C)c1cc(NC(=O)O)cc(C(F)(F)F)c1. The average Bonchev–Trinajstić information content (AvgIpc) is 2.35. The number of carboxylic acid groups (broad SMARTS) is 1. The predicted molar refractivity (Wildman–Crippen MR) is 83.2 cm³/mol. The van der Waals surface area contributed by atoms with E-state index in [4.69, 9.17) is 5.11 Å². The lowest BCUT2D eigenvalue weighted by atomic mass is 10.1. The van der Waals surface area contributed by atoms with Crippen LogP contribution in [0, 0.1) is 0 Å². The zero-order valence-electron chi connectivity index (χ0n) is 13.0. The lowest BCUT2D eigenvalue weighted by Crippen LogP contribution is -2.26. The fourth-order valence-corrected chi connectivity index (χ4v) is 2.14. The highest BCUT2D eigenvalue weighted by atomic mass is 32.2. The third kappa shape index (κ3) is 5.76. The molecule has 2 N–H and O–H groups in total. The van der Waals surface area contributed by atoms with E-state index in [1.54, 1.807) is 20.8 Å². The second-order valence-electron chi connectivity index (χ2n) is 5.77. The minimum absolute atomic E-state index is 0.0428. The van der Waals surface area contributed by atoms with E-state index in [9.17, 15) is 22.5 Å². The molecule has 0 saturated heterocycles. The number of carbonyl (C=O) groups is 1. The number of hydrogen-bond acceptors (Lipinski definition) is 3. The van der Waals surface area contributed by atoms with Crippen molar-refractivity contribution < 1.29 is 27.6 Å². The highest BCUT2D eigenvalue weighted by molar-refractivity contribution is 7.91. The Morgan fingerprint density at radius 1 is 1.26 bits per heavy atom. The van der Waals surface area contributed by atoms with Gasteiger partial charge in [0.1, 0.15) is 16.1 Å². The Kier molecular flexibility index (Phi) is 5.70. The van der Waals surface area contributed by atoms with Crippen molar-refractivity contribution in [3.63, 3.8) is 0 Å². The molecule has 0 fully saturated rings. The number of halogens is 3. The number of nitrogens with zero attached hydrogens (tertiary/aromatic N) is 1. The fourth-order valence-electron chi connectivity index (χ4n) is 1.51. The van der Waals surface area contributed by atoms with Gasteiger partial charge in [-0.05, 0) is 45.9 Å². The predicted octanol–water partition coefficient (Wildman–Crippen LogP) is 4.07. The van der Waals surface area contributed by atoms with Crippen LogP contribution in [0.1, 0.15) is 38.8 Å².